The first kappa shape index (κ1) is 18.4. The van der Waals surface area contributed by atoms with Crippen molar-refractivity contribution in [3.8, 4) is 11.1 Å². The number of aromatic nitrogens is 2. The molecule has 4 rings (SSSR count). The number of rotatable bonds is 3. The van der Waals surface area contributed by atoms with Crippen LogP contribution in [-0.4, -0.2) is 39.6 Å². The van der Waals surface area contributed by atoms with Crippen molar-refractivity contribution in [2.45, 2.75) is 18.9 Å². The zero-order valence-corrected chi connectivity index (χ0v) is 14.4. The molecule has 146 valence electrons. The number of benzene rings is 1. The predicted octanol–water partition coefficient (Wildman–Crippen LogP) is 4.04. The van der Waals surface area contributed by atoms with Gasteiger partial charge in [0.25, 0.3) is 0 Å². The van der Waals surface area contributed by atoms with E-state index in [1.807, 2.05) is 0 Å². The monoisotopic (exact) mass is 395 g/mol. The summed E-state index contributed by atoms with van der Waals surface area (Å²) in [4.78, 5) is 17.7. The van der Waals surface area contributed by atoms with Crippen LogP contribution in [0, 0.1) is 5.82 Å². The zero-order chi connectivity index (χ0) is 20.1. The van der Waals surface area contributed by atoms with Crippen LogP contribution in [-0.2, 0) is 17.5 Å². The van der Waals surface area contributed by atoms with Crippen molar-refractivity contribution in [2.24, 2.45) is 0 Å². The summed E-state index contributed by atoms with van der Waals surface area (Å²) in [6.07, 6.45) is -2.93. The van der Waals surface area contributed by atoms with E-state index in [2.05, 4.69) is 4.98 Å². The summed E-state index contributed by atoms with van der Waals surface area (Å²) in [5, 5.41) is 0. The molecule has 0 atom stereocenters. The minimum atomic E-state index is -4.81. The van der Waals surface area contributed by atoms with Crippen molar-refractivity contribution in [3.63, 3.8) is 0 Å². The average Bonchev–Trinajstić information content (AvgIpc) is 3.00. The molecule has 1 aromatic carbocycles. The Bertz CT molecular complexity index is 1050. The molecule has 0 unspecified atom stereocenters. The Labute approximate surface area is 156 Å². The van der Waals surface area contributed by atoms with Crippen LogP contribution in [0.1, 0.15) is 5.56 Å². The lowest BCUT2D eigenvalue weighted by molar-refractivity contribution is -0.140. The van der Waals surface area contributed by atoms with Gasteiger partial charge in [-0.05, 0) is 18.2 Å². The first-order valence-corrected chi connectivity index (χ1v) is 8.47. The van der Waals surface area contributed by atoms with Crippen molar-refractivity contribution in [3.05, 3.63) is 54.1 Å². The molecule has 9 heteroatoms. The van der Waals surface area contributed by atoms with Crippen molar-refractivity contribution in [1.29, 1.82) is 0 Å². The number of carbonyl (C=O) groups excluding carboxylic acids is 1. The van der Waals surface area contributed by atoms with Gasteiger partial charge in [-0.25, -0.2) is 8.78 Å². The number of hydrogen-bond donors (Lipinski definition) is 0. The molecule has 3 heterocycles. The number of halogens is 5. The summed E-state index contributed by atoms with van der Waals surface area (Å²) in [6.45, 7) is 0.0421. The summed E-state index contributed by atoms with van der Waals surface area (Å²) in [6, 6.07) is 6.18. The highest BCUT2D eigenvalue weighted by Crippen LogP contribution is 2.36. The summed E-state index contributed by atoms with van der Waals surface area (Å²) in [7, 11) is 0. The molecule has 1 amide bonds. The molecule has 28 heavy (non-hydrogen) atoms. The maximum Gasteiger partial charge on any atom is 0.419 e. The van der Waals surface area contributed by atoms with Gasteiger partial charge in [0.15, 0.2) is 0 Å². The molecular formula is C19H14F5N3O. The standard InChI is InChI=1S/C19H14F5N3O/c20-12-8-27(9-12)17(28)10-26-5-4-15-16(26)6-11(7-25-15)13-2-1-3-14(18(13)21)19(22,23)24/h1-7,12H,8-10H2. The first-order valence-electron chi connectivity index (χ1n) is 8.47. The molecule has 4 nitrogen and oxygen atoms in total. The van der Waals surface area contributed by atoms with Crippen LogP contribution in [0.3, 0.4) is 0 Å². The molecule has 0 radical (unpaired) electrons. The van der Waals surface area contributed by atoms with E-state index >= 15 is 0 Å². The number of fused-ring (bicyclic) bond motifs is 1. The molecule has 0 bridgehead atoms. The first-order chi connectivity index (χ1) is 13.2. The van der Waals surface area contributed by atoms with E-state index < -0.39 is 23.7 Å². The molecule has 0 saturated carbocycles. The third kappa shape index (κ3) is 3.21. The van der Waals surface area contributed by atoms with Gasteiger partial charge in [-0.3, -0.25) is 9.78 Å². The number of carbonyl (C=O) groups is 1. The highest BCUT2D eigenvalue weighted by atomic mass is 19.4. The molecule has 2 aromatic heterocycles. The van der Waals surface area contributed by atoms with Gasteiger partial charge in [-0.1, -0.05) is 12.1 Å². The van der Waals surface area contributed by atoms with Gasteiger partial charge in [0.05, 0.1) is 29.7 Å². The van der Waals surface area contributed by atoms with Gasteiger partial charge >= 0.3 is 6.18 Å². The Morgan fingerprint density at radius 1 is 1.21 bits per heavy atom. The molecule has 0 N–H and O–H groups in total. The van der Waals surface area contributed by atoms with E-state index in [1.165, 1.54) is 23.2 Å². The number of likely N-dealkylation sites (tertiary alicyclic amines) is 1. The number of pyridine rings is 1. The largest absolute Gasteiger partial charge is 0.419 e. The van der Waals surface area contributed by atoms with Crippen LogP contribution in [0.2, 0.25) is 0 Å². The summed E-state index contributed by atoms with van der Waals surface area (Å²) >= 11 is 0. The smallest absolute Gasteiger partial charge is 0.337 e. The van der Waals surface area contributed by atoms with Crippen LogP contribution < -0.4 is 0 Å². The Balaban J connectivity index is 1.70. The minimum absolute atomic E-state index is 0.0526. The SMILES string of the molecule is O=C(Cn1ccc2ncc(-c3cccc(C(F)(F)F)c3F)cc21)N1CC(F)C1. The van der Waals surface area contributed by atoms with Gasteiger partial charge in [-0.15, -0.1) is 0 Å². The molecule has 0 aliphatic carbocycles. The Kier molecular flexibility index (Phi) is 4.32. The number of nitrogens with zero attached hydrogens (tertiary/aromatic N) is 3. The van der Waals surface area contributed by atoms with Crippen molar-refractivity contribution < 1.29 is 26.7 Å². The second-order valence-electron chi connectivity index (χ2n) is 6.63. The Morgan fingerprint density at radius 2 is 1.96 bits per heavy atom. The van der Waals surface area contributed by atoms with Gasteiger partial charge in [0.2, 0.25) is 5.91 Å². The fourth-order valence-electron chi connectivity index (χ4n) is 3.20. The normalized spacial score (nSPS) is 15.1. The van der Waals surface area contributed by atoms with E-state index in [0.29, 0.717) is 17.1 Å². The zero-order valence-electron chi connectivity index (χ0n) is 14.4. The molecule has 3 aromatic rings. The topological polar surface area (TPSA) is 38.1 Å². The quantitative estimate of drug-likeness (QED) is 0.628. The van der Waals surface area contributed by atoms with Gasteiger partial charge in [0.1, 0.15) is 18.5 Å². The maximum atomic E-state index is 14.4. The summed E-state index contributed by atoms with van der Waals surface area (Å²) < 4.78 is 67.8. The Morgan fingerprint density at radius 3 is 2.64 bits per heavy atom. The summed E-state index contributed by atoms with van der Waals surface area (Å²) in [5.41, 5.74) is -0.437. The van der Waals surface area contributed by atoms with E-state index in [9.17, 15) is 26.7 Å². The van der Waals surface area contributed by atoms with Gasteiger partial charge in [-0.2, -0.15) is 13.2 Å². The second kappa shape index (κ2) is 6.57. The van der Waals surface area contributed by atoms with E-state index in [4.69, 9.17) is 0 Å². The van der Waals surface area contributed by atoms with Crippen LogP contribution >= 0.6 is 0 Å². The minimum Gasteiger partial charge on any atom is -0.337 e. The molecule has 0 spiro atoms. The van der Waals surface area contributed by atoms with E-state index in [-0.39, 0.29) is 36.7 Å². The highest BCUT2D eigenvalue weighted by Gasteiger charge is 2.35. The van der Waals surface area contributed by atoms with E-state index in [0.717, 1.165) is 6.07 Å². The van der Waals surface area contributed by atoms with Crippen LogP contribution in [0.4, 0.5) is 22.0 Å². The molecule has 1 saturated heterocycles. The lowest BCUT2D eigenvalue weighted by Gasteiger charge is -2.34. The third-order valence-electron chi connectivity index (χ3n) is 4.73. The lowest BCUT2D eigenvalue weighted by atomic mass is 10.0. The van der Waals surface area contributed by atoms with E-state index in [1.54, 1.807) is 16.8 Å². The van der Waals surface area contributed by atoms with Crippen LogP contribution in [0.5, 0.6) is 0 Å². The molecule has 1 aliphatic rings. The van der Waals surface area contributed by atoms with Gasteiger partial charge in [0, 0.05) is 23.5 Å². The number of hydrogen-bond acceptors (Lipinski definition) is 2. The fraction of sp³-hybridized carbons (Fsp3) is 0.263. The molecule has 1 fully saturated rings. The third-order valence-corrected chi connectivity index (χ3v) is 4.73. The number of amides is 1. The van der Waals surface area contributed by atoms with Crippen molar-refractivity contribution in [2.75, 3.05) is 13.1 Å². The molecule has 1 aliphatic heterocycles. The van der Waals surface area contributed by atoms with Crippen LogP contribution in [0.15, 0.2) is 42.7 Å². The van der Waals surface area contributed by atoms with Crippen molar-refractivity contribution in [1.82, 2.24) is 14.5 Å². The van der Waals surface area contributed by atoms with Gasteiger partial charge < -0.3 is 9.47 Å². The maximum absolute atomic E-state index is 14.4. The summed E-state index contributed by atoms with van der Waals surface area (Å²) in [5.74, 6) is -1.65. The predicted molar refractivity (Wildman–Crippen MR) is 91.6 cm³/mol. The second-order valence-corrected chi connectivity index (χ2v) is 6.63. The fourth-order valence-corrected chi connectivity index (χ4v) is 3.20. The highest BCUT2D eigenvalue weighted by molar-refractivity contribution is 5.84. The average molecular weight is 395 g/mol. The molecular weight excluding hydrogens is 381 g/mol. The number of alkyl halides is 4. The van der Waals surface area contributed by atoms with Crippen molar-refractivity contribution >= 4 is 16.9 Å². The Hall–Kier alpha value is -2.97. The van der Waals surface area contributed by atoms with Crippen LogP contribution in [0.25, 0.3) is 22.2 Å². The lowest BCUT2D eigenvalue weighted by Crippen LogP contribution is -2.52.